The van der Waals surface area contributed by atoms with Crippen molar-refractivity contribution in [2.75, 3.05) is 6.54 Å². The number of hydrogen-bond donors (Lipinski definition) is 1. The molecule has 0 fully saturated rings. The summed E-state index contributed by atoms with van der Waals surface area (Å²) >= 11 is 0. The zero-order chi connectivity index (χ0) is 13.3. The highest BCUT2D eigenvalue weighted by Crippen LogP contribution is 2.35. The molecule has 2 unspecified atom stereocenters. The lowest BCUT2D eigenvalue weighted by atomic mass is 9.96. The van der Waals surface area contributed by atoms with E-state index >= 15 is 0 Å². The third-order valence-corrected chi connectivity index (χ3v) is 3.64. The Labute approximate surface area is 105 Å². The minimum absolute atomic E-state index is 0.193. The molecule has 1 aromatic rings. The monoisotopic (exact) mass is 257 g/mol. The lowest BCUT2D eigenvalue weighted by Crippen LogP contribution is -2.24. The molecule has 0 heterocycles. The predicted molar refractivity (Wildman–Crippen MR) is 64.8 cm³/mol. The normalized spacial score (nSPS) is 23.6. The first-order chi connectivity index (χ1) is 8.54. The molecule has 0 bridgehead atoms. The standard InChI is InChI=1S/C14H18F3N/c1-3-18-12-6-8(2)4-5-9-10(15)7-11(16)14(17)13(9)12/h7-8,12,18H,3-6H2,1-2H3. The fourth-order valence-corrected chi connectivity index (χ4v) is 2.73. The van der Waals surface area contributed by atoms with E-state index in [1.807, 2.05) is 6.92 Å². The average molecular weight is 257 g/mol. The highest BCUT2D eigenvalue weighted by molar-refractivity contribution is 5.35. The molecule has 1 N–H and O–H groups in total. The number of rotatable bonds is 2. The first kappa shape index (κ1) is 13.4. The van der Waals surface area contributed by atoms with E-state index in [-0.39, 0.29) is 11.6 Å². The van der Waals surface area contributed by atoms with Gasteiger partial charge in [0.2, 0.25) is 0 Å². The van der Waals surface area contributed by atoms with Crippen molar-refractivity contribution in [3.63, 3.8) is 0 Å². The molecule has 0 aliphatic heterocycles. The number of halogens is 3. The van der Waals surface area contributed by atoms with E-state index in [9.17, 15) is 13.2 Å². The lowest BCUT2D eigenvalue weighted by Gasteiger charge is -2.21. The number of fused-ring (bicyclic) bond motifs is 1. The van der Waals surface area contributed by atoms with Gasteiger partial charge in [-0.25, -0.2) is 13.2 Å². The molecule has 0 aromatic heterocycles. The Kier molecular flexibility index (Phi) is 3.95. The van der Waals surface area contributed by atoms with E-state index in [4.69, 9.17) is 0 Å². The molecule has 2 atom stereocenters. The van der Waals surface area contributed by atoms with Crippen LogP contribution in [0.15, 0.2) is 6.07 Å². The Morgan fingerprint density at radius 3 is 2.67 bits per heavy atom. The summed E-state index contributed by atoms with van der Waals surface area (Å²) in [7, 11) is 0. The Hall–Kier alpha value is -1.03. The van der Waals surface area contributed by atoms with Gasteiger partial charge in [-0.1, -0.05) is 13.8 Å². The van der Waals surface area contributed by atoms with Gasteiger partial charge in [0, 0.05) is 17.7 Å². The third-order valence-electron chi connectivity index (χ3n) is 3.64. The highest BCUT2D eigenvalue weighted by atomic mass is 19.2. The maximum Gasteiger partial charge on any atom is 0.164 e. The van der Waals surface area contributed by atoms with Crippen LogP contribution in [0.3, 0.4) is 0 Å². The molecular weight excluding hydrogens is 239 g/mol. The summed E-state index contributed by atoms with van der Waals surface area (Å²) < 4.78 is 41.1. The van der Waals surface area contributed by atoms with Crippen LogP contribution < -0.4 is 5.32 Å². The van der Waals surface area contributed by atoms with Crippen LogP contribution in [0, 0.1) is 23.4 Å². The molecule has 1 aliphatic rings. The van der Waals surface area contributed by atoms with Crippen molar-refractivity contribution < 1.29 is 13.2 Å². The van der Waals surface area contributed by atoms with E-state index in [1.165, 1.54) is 0 Å². The Morgan fingerprint density at radius 2 is 2.00 bits per heavy atom. The van der Waals surface area contributed by atoms with Gasteiger partial charge in [0.15, 0.2) is 11.6 Å². The lowest BCUT2D eigenvalue weighted by molar-refractivity contribution is 0.398. The zero-order valence-corrected chi connectivity index (χ0v) is 10.7. The van der Waals surface area contributed by atoms with Crippen molar-refractivity contribution in [2.45, 2.75) is 39.2 Å². The molecule has 18 heavy (non-hydrogen) atoms. The molecule has 1 aliphatic carbocycles. The van der Waals surface area contributed by atoms with Crippen LogP contribution in [0.2, 0.25) is 0 Å². The molecule has 0 amide bonds. The predicted octanol–water partition coefficient (Wildman–Crippen LogP) is 3.73. The molecule has 100 valence electrons. The fraction of sp³-hybridized carbons (Fsp3) is 0.571. The molecule has 1 aromatic carbocycles. The second kappa shape index (κ2) is 5.31. The van der Waals surface area contributed by atoms with E-state index in [0.29, 0.717) is 36.9 Å². The number of nitrogens with one attached hydrogen (secondary N) is 1. The van der Waals surface area contributed by atoms with Crippen molar-refractivity contribution >= 4 is 0 Å². The van der Waals surface area contributed by atoms with E-state index in [0.717, 1.165) is 6.42 Å². The summed E-state index contributed by atoms with van der Waals surface area (Å²) in [6.45, 7) is 4.61. The average Bonchev–Trinajstić information content (AvgIpc) is 2.47. The third kappa shape index (κ3) is 2.39. The SMILES string of the molecule is CCNC1CC(C)CCc2c(F)cc(F)c(F)c21. The fourth-order valence-electron chi connectivity index (χ4n) is 2.73. The topological polar surface area (TPSA) is 12.0 Å². The zero-order valence-electron chi connectivity index (χ0n) is 10.7. The van der Waals surface area contributed by atoms with Gasteiger partial charge in [-0.2, -0.15) is 0 Å². The van der Waals surface area contributed by atoms with Crippen molar-refractivity contribution in [1.29, 1.82) is 0 Å². The van der Waals surface area contributed by atoms with Gasteiger partial charge in [0.05, 0.1) is 0 Å². The number of hydrogen-bond acceptors (Lipinski definition) is 1. The molecule has 0 radical (unpaired) electrons. The Balaban J connectivity index is 2.54. The highest BCUT2D eigenvalue weighted by Gasteiger charge is 2.29. The number of benzene rings is 1. The van der Waals surface area contributed by atoms with Crippen LogP contribution in [0.1, 0.15) is 43.9 Å². The quantitative estimate of drug-likeness (QED) is 0.629. The summed E-state index contributed by atoms with van der Waals surface area (Å²) in [4.78, 5) is 0. The van der Waals surface area contributed by atoms with Gasteiger partial charge in [-0.05, 0) is 37.3 Å². The van der Waals surface area contributed by atoms with Gasteiger partial charge < -0.3 is 5.32 Å². The van der Waals surface area contributed by atoms with Crippen LogP contribution in [0.4, 0.5) is 13.2 Å². The van der Waals surface area contributed by atoms with Crippen LogP contribution in [-0.2, 0) is 6.42 Å². The second-order valence-electron chi connectivity index (χ2n) is 5.04. The van der Waals surface area contributed by atoms with Crippen molar-refractivity contribution in [1.82, 2.24) is 5.32 Å². The summed E-state index contributed by atoms with van der Waals surface area (Å²) in [6.07, 6.45) is 1.99. The molecular formula is C14H18F3N. The van der Waals surface area contributed by atoms with Gasteiger partial charge in [0.25, 0.3) is 0 Å². The first-order valence-corrected chi connectivity index (χ1v) is 6.44. The minimum atomic E-state index is -1.09. The molecule has 0 saturated heterocycles. The minimum Gasteiger partial charge on any atom is -0.310 e. The largest absolute Gasteiger partial charge is 0.310 e. The molecule has 2 rings (SSSR count). The maximum absolute atomic E-state index is 14.0. The van der Waals surface area contributed by atoms with Crippen LogP contribution in [0.25, 0.3) is 0 Å². The van der Waals surface area contributed by atoms with Crippen LogP contribution in [0.5, 0.6) is 0 Å². The summed E-state index contributed by atoms with van der Waals surface area (Å²) in [5.74, 6) is -2.25. The van der Waals surface area contributed by atoms with Crippen LogP contribution >= 0.6 is 0 Å². The van der Waals surface area contributed by atoms with E-state index in [2.05, 4.69) is 12.2 Å². The molecule has 0 spiro atoms. The van der Waals surface area contributed by atoms with Gasteiger partial charge in [-0.15, -0.1) is 0 Å². The van der Waals surface area contributed by atoms with Crippen molar-refractivity contribution in [3.8, 4) is 0 Å². The molecule has 0 saturated carbocycles. The summed E-state index contributed by atoms with van der Waals surface area (Å²) in [6, 6.07) is 0.361. The van der Waals surface area contributed by atoms with Gasteiger partial charge in [-0.3, -0.25) is 0 Å². The van der Waals surface area contributed by atoms with E-state index in [1.54, 1.807) is 0 Å². The molecule has 4 heteroatoms. The maximum atomic E-state index is 14.0. The van der Waals surface area contributed by atoms with Crippen LogP contribution in [-0.4, -0.2) is 6.54 Å². The molecule has 1 nitrogen and oxygen atoms in total. The summed E-state index contributed by atoms with van der Waals surface area (Å²) in [5.41, 5.74) is 0.530. The van der Waals surface area contributed by atoms with Gasteiger partial charge >= 0.3 is 0 Å². The Bertz CT molecular complexity index is 445. The summed E-state index contributed by atoms with van der Waals surface area (Å²) in [5, 5.41) is 3.13. The first-order valence-electron chi connectivity index (χ1n) is 6.44. The van der Waals surface area contributed by atoms with Crippen molar-refractivity contribution in [3.05, 3.63) is 34.6 Å². The Morgan fingerprint density at radius 1 is 1.28 bits per heavy atom. The van der Waals surface area contributed by atoms with E-state index < -0.39 is 17.5 Å². The smallest absolute Gasteiger partial charge is 0.164 e. The second-order valence-corrected chi connectivity index (χ2v) is 5.04. The van der Waals surface area contributed by atoms with Gasteiger partial charge in [0.1, 0.15) is 5.82 Å². The van der Waals surface area contributed by atoms with Crippen molar-refractivity contribution in [2.24, 2.45) is 5.92 Å².